The van der Waals surface area contributed by atoms with Crippen molar-refractivity contribution in [3.8, 4) is 0 Å². The standard InChI is InChI=1S/C19H18ClN3O/c20-17-15-7-3-4-8-16(15)23-18(17)19(24)22-11-14-9-12-5-1-2-6-13(12)10-21-14/h1-8,14,21,23H,9-11H2,(H,22,24). The fourth-order valence-corrected chi connectivity index (χ4v) is 3.53. The lowest BCUT2D eigenvalue weighted by Gasteiger charge is -2.26. The fraction of sp³-hybridized carbons (Fsp3) is 0.211. The number of amides is 1. The highest BCUT2D eigenvalue weighted by Gasteiger charge is 2.20. The molecule has 4 nitrogen and oxygen atoms in total. The molecule has 0 saturated carbocycles. The lowest BCUT2D eigenvalue weighted by atomic mass is 9.96. The molecule has 0 radical (unpaired) electrons. The maximum Gasteiger partial charge on any atom is 0.269 e. The summed E-state index contributed by atoms with van der Waals surface area (Å²) >= 11 is 6.33. The quantitative estimate of drug-likeness (QED) is 0.686. The molecule has 24 heavy (non-hydrogen) atoms. The zero-order valence-corrected chi connectivity index (χ0v) is 13.9. The number of H-pyrrole nitrogens is 1. The van der Waals surface area contributed by atoms with Crippen LogP contribution in [0.25, 0.3) is 10.9 Å². The minimum atomic E-state index is -0.170. The van der Waals surface area contributed by atoms with Gasteiger partial charge < -0.3 is 15.6 Å². The van der Waals surface area contributed by atoms with Crippen molar-refractivity contribution in [3.05, 3.63) is 70.4 Å². The number of aromatic nitrogens is 1. The highest BCUT2D eigenvalue weighted by molar-refractivity contribution is 6.38. The molecule has 122 valence electrons. The van der Waals surface area contributed by atoms with Crippen LogP contribution in [0.1, 0.15) is 21.6 Å². The van der Waals surface area contributed by atoms with Crippen LogP contribution in [0, 0.1) is 0 Å². The summed E-state index contributed by atoms with van der Waals surface area (Å²) in [7, 11) is 0. The molecule has 3 aromatic rings. The molecule has 3 N–H and O–H groups in total. The van der Waals surface area contributed by atoms with Crippen LogP contribution >= 0.6 is 11.6 Å². The van der Waals surface area contributed by atoms with E-state index in [4.69, 9.17) is 11.6 Å². The summed E-state index contributed by atoms with van der Waals surface area (Å²) in [5.74, 6) is -0.170. The zero-order valence-electron chi connectivity index (χ0n) is 13.1. The molecule has 1 unspecified atom stereocenters. The number of fused-ring (bicyclic) bond motifs is 2. The van der Waals surface area contributed by atoms with E-state index in [1.807, 2.05) is 24.3 Å². The van der Waals surface area contributed by atoms with E-state index in [9.17, 15) is 4.79 Å². The van der Waals surface area contributed by atoms with Gasteiger partial charge in [-0.1, -0.05) is 54.1 Å². The second-order valence-electron chi connectivity index (χ2n) is 6.12. The molecule has 1 aliphatic heterocycles. The summed E-state index contributed by atoms with van der Waals surface area (Å²) in [5, 5.41) is 7.80. The maximum absolute atomic E-state index is 12.5. The SMILES string of the molecule is O=C(NCC1Cc2ccccc2CN1)c1[nH]c2ccccc2c1Cl. The van der Waals surface area contributed by atoms with Gasteiger partial charge in [0.05, 0.1) is 5.02 Å². The Morgan fingerprint density at radius 2 is 1.88 bits per heavy atom. The second-order valence-corrected chi connectivity index (χ2v) is 6.50. The Hall–Kier alpha value is -2.30. The van der Waals surface area contributed by atoms with Crippen molar-refractivity contribution in [1.82, 2.24) is 15.6 Å². The molecular weight excluding hydrogens is 322 g/mol. The molecule has 2 heterocycles. The highest BCUT2D eigenvalue weighted by Crippen LogP contribution is 2.27. The summed E-state index contributed by atoms with van der Waals surface area (Å²) in [6.07, 6.45) is 0.914. The molecule has 4 rings (SSSR count). The van der Waals surface area contributed by atoms with Crippen LogP contribution < -0.4 is 10.6 Å². The topological polar surface area (TPSA) is 56.9 Å². The lowest BCUT2D eigenvalue weighted by Crippen LogP contribution is -2.44. The molecule has 0 saturated heterocycles. The minimum Gasteiger partial charge on any atom is -0.349 e. The van der Waals surface area contributed by atoms with Gasteiger partial charge in [-0.15, -0.1) is 0 Å². The van der Waals surface area contributed by atoms with Crippen molar-refractivity contribution < 1.29 is 4.79 Å². The van der Waals surface area contributed by atoms with Crippen molar-refractivity contribution in [3.63, 3.8) is 0 Å². The summed E-state index contributed by atoms with van der Waals surface area (Å²) in [5.41, 5.74) is 3.98. The van der Waals surface area contributed by atoms with Crippen molar-refractivity contribution >= 4 is 28.4 Å². The van der Waals surface area contributed by atoms with Gasteiger partial charge in [0.25, 0.3) is 5.91 Å². The van der Waals surface area contributed by atoms with E-state index in [1.165, 1.54) is 11.1 Å². The first-order valence-corrected chi connectivity index (χ1v) is 8.45. The Kier molecular flexibility index (Phi) is 4.00. The first kappa shape index (κ1) is 15.2. The van der Waals surface area contributed by atoms with Crippen molar-refractivity contribution in [1.29, 1.82) is 0 Å². The number of nitrogens with one attached hydrogen (secondary N) is 3. The van der Waals surface area contributed by atoms with Crippen molar-refractivity contribution in [2.45, 2.75) is 19.0 Å². The summed E-state index contributed by atoms with van der Waals surface area (Å²) in [4.78, 5) is 15.6. The third kappa shape index (κ3) is 2.79. The van der Waals surface area contributed by atoms with E-state index in [0.29, 0.717) is 17.3 Å². The smallest absolute Gasteiger partial charge is 0.269 e. The summed E-state index contributed by atoms with van der Waals surface area (Å²) in [6.45, 7) is 1.41. The highest BCUT2D eigenvalue weighted by atomic mass is 35.5. The number of hydrogen-bond donors (Lipinski definition) is 3. The average Bonchev–Trinajstić information content (AvgIpc) is 2.97. The average molecular weight is 340 g/mol. The number of aromatic amines is 1. The van der Waals surface area contributed by atoms with Gasteiger partial charge in [0.2, 0.25) is 0 Å². The van der Waals surface area contributed by atoms with Crippen molar-refractivity contribution in [2.24, 2.45) is 0 Å². The molecule has 0 spiro atoms. The predicted octanol–water partition coefficient (Wildman–Crippen LogP) is 3.27. The van der Waals surface area contributed by atoms with E-state index >= 15 is 0 Å². The monoisotopic (exact) mass is 339 g/mol. The Bertz CT molecular complexity index is 903. The van der Waals surface area contributed by atoms with Gasteiger partial charge >= 0.3 is 0 Å². The second kappa shape index (κ2) is 6.30. The first-order valence-electron chi connectivity index (χ1n) is 8.07. The number of rotatable bonds is 3. The van der Waals surface area contributed by atoms with E-state index in [1.54, 1.807) is 0 Å². The van der Waals surface area contributed by atoms with Gasteiger partial charge in [0.1, 0.15) is 5.69 Å². The molecule has 0 bridgehead atoms. The maximum atomic E-state index is 12.5. The van der Waals surface area contributed by atoms with Gasteiger partial charge in [-0.3, -0.25) is 4.79 Å². The third-order valence-electron chi connectivity index (χ3n) is 4.54. The third-order valence-corrected chi connectivity index (χ3v) is 4.94. The largest absolute Gasteiger partial charge is 0.349 e. The van der Waals surface area contributed by atoms with Gasteiger partial charge in [0.15, 0.2) is 0 Å². The fourth-order valence-electron chi connectivity index (χ4n) is 3.23. The van der Waals surface area contributed by atoms with E-state index in [0.717, 1.165) is 23.9 Å². The Balaban J connectivity index is 1.44. The van der Waals surface area contributed by atoms with Crippen LogP contribution in [-0.4, -0.2) is 23.5 Å². The van der Waals surface area contributed by atoms with Gasteiger partial charge in [-0.05, 0) is 23.6 Å². The number of hydrogen-bond acceptors (Lipinski definition) is 2. The molecule has 1 aliphatic rings. The Morgan fingerprint density at radius 1 is 1.12 bits per heavy atom. The van der Waals surface area contributed by atoms with Crippen molar-refractivity contribution in [2.75, 3.05) is 6.54 Å². The van der Waals surface area contributed by atoms with Gasteiger partial charge in [-0.2, -0.15) is 0 Å². The molecule has 1 atom stereocenters. The molecule has 0 aliphatic carbocycles. The first-order chi connectivity index (χ1) is 11.7. The normalized spacial score (nSPS) is 16.8. The molecule has 0 fully saturated rings. The Morgan fingerprint density at radius 3 is 2.71 bits per heavy atom. The molecule has 1 aromatic heterocycles. The lowest BCUT2D eigenvalue weighted by molar-refractivity contribution is 0.0945. The molecule has 1 amide bonds. The number of carbonyl (C=O) groups excluding carboxylic acids is 1. The van der Waals surface area contributed by atoms with Gasteiger partial charge in [0, 0.05) is 30.0 Å². The van der Waals surface area contributed by atoms with E-state index in [-0.39, 0.29) is 11.9 Å². The number of para-hydroxylation sites is 1. The number of benzene rings is 2. The molecular formula is C19H18ClN3O. The van der Waals surface area contributed by atoms with Gasteiger partial charge in [-0.25, -0.2) is 0 Å². The number of carbonyl (C=O) groups is 1. The van der Waals surface area contributed by atoms with Crippen LogP contribution in [0.4, 0.5) is 0 Å². The predicted molar refractivity (Wildman–Crippen MR) is 96.4 cm³/mol. The van der Waals surface area contributed by atoms with Crippen LogP contribution in [-0.2, 0) is 13.0 Å². The van der Waals surface area contributed by atoms with Crippen LogP contribution in [0.15, 0.2) is 48.5 Å². The van der Waals surface area contributed by atoms with Crippen LogP contribution in [0.5, 0.6) is 0 Å². The van der Waals surface area contributed by atoms with E-state index < -0.39 is 0 Å². The molecule has 5 heteroatoms. The summed E-state index contributed by atoms with van der Waals surface area (Å²) in [6, 6.07) is 16.3. The van der Waals surface area contributed by atoms with Crippen LogP contribution in [0.2, 0.25) is 5.02 Å². The number of halogens is 1. The Labute approximate surface area is 145 Å². The zero-order chi connectivity index (χ0) is 16.5. The summed E-state index contributed by atoms with van der Waals surface area (Å²) < 4.78 is 0. The molecule has 2 aromatic carbocycles. The minimum absolute atomic E-state index is 0.170. The van der Waals surface area contributed by atoms with E-state index in [2.05, 4.69) is 39.9 Å². The van der Waals surface area contributed by atoms with Crippen LogP contribution in [0.3, 0.4) is 0 Å².